The minimum atomic E-state index is 0.761. The van der Waals surface area contributed by atoms with E-state index in [1.807, 2.05) is 19.1 Å². The first kappa shape index (κ1) is 14.4. The van der Waals surface area contributed by atoms with Crippen molar-refractivity contribution in [1.82, 2.24) is 15.3 Å². The highest BCUT2D eigenvalue weighted by molar-refractivity contribution is 5.42. The number of aromatic amines is 1. The smallest absolute Gasteiger partial charge is 0.160 e. The van der Waals surface area contributed by atoms with Gasteiger partial charge in [0.15, 0.2) is 11.5 Å². The Bertz CT molecular complexity index is 552. The lowest BCUT2D eigenvalue weighted by Gasteiger charge is -2.10. The summed E-state index contributed by atoms with van der Waals surface area (Å²) in [6.07, 6.45) is 2.66. The molecule has 0 aliphatic rings. The van der Waals surface area contributed by atoms with Crippen LogP contribution in [0, 0.1) is 6.92 Å². The Morgan fingerprint density at radius 3 is 2.65 bits per heavy atom. The van der Waals surface area contributed by atoms with Gasteiger partial charge in [-0.25, -0.2) is 4.98 Å². The van der Waals surface area contributed by atoms with Crippen LogP contribution in [0.1, 0.15) is 17.0 Å². The van der Waals surface area contributed by atoms with Gasteiger partial charge < -0.3 is 19.8 Å². The number of aryl methyl sites for hydroxylation is 1. The van der Waals surface area contributed by atoms with Gasteiger partial charge in [-0.15, -0.1) is 0 Å². The molecule has 0 aliphatic carbocycles. The van der Waals surface area contributed by atoms with Gasteiger partial charge in [0.05, 0.1) is 26.2 Å². The Balaban J connectivity index is 1.83. The van der Waals surface area contributed by atoms with E-state index in [2.05, 4.69) is 21.4 Å². The Labute approximate surface area is 119 Å². The van der Waals surface area contributed by atoms with Gasteiger partial charge in [-0.05, 0) is 37.6 Å². The molecular weight excluding hydrogens is 254 g/mol. The molecule has 2 N–H and O–H groups in total. The van der Waals surface area contributed by atoms with Crippen molar-refractivity contribution < 1.29 is 9.47 Å². The fourth-order valence-electron chi connectivity index (χ4n) is 2.04. The van der Waals surface area contributed by atoms with Crippen LogP contribution in [0.3, 0.4) is 0 Å². The van der Waals surface area contributed by atoms with Crippen LogP contribution in [0.4, 0.5) is 0 Å². The topological polar surface area (TPSA) is 59.2 Å². The van der Waals surface area contributed by atoms with Crippen molar-refractivity contribution in [2.75, 3.05) is 20.8 Å². The molecule has 0 saturated heterocycles. The van der Waals surface area contributed by atoms with E-state index < -0.39 is 0 Å². The van der Waals surface area contributed by atoms with Gasteiger partial charge in [-0.2, -0.15) is 0 Å². The molecule has 0 spiro atoms. The molecule has 0 atom stereocenters. The number of hydrogen-bond donors (Lipinski definition) is 2. The zero-order valence-corrected chi connectivity index (χ0v) is 12.2. The average molecular weight is 275 g/mol. The van der Waals surface area contributed by atoms with Crippen LogP contribution in [0.5, 0.6) is 11.5 Å². The molecule has 0 amide bonds. The zero-order valence-electron chi connectivity index (χ0n) is 12.2. The van der Waals surface area contributed by atoms with Crippen molar-refractivity contribution in [3.63, 3.8) is 0 Å². The molecule has 5 nitrogen and oxygen atoms in total. The third kappa shape index (κ3) is 3.51. The fraction of sp³-hybridized carbons (Fsp3) is 0.400. The van der Waals surface area contributed by atoms with E-state index in [1.165, 1.54) is 5.56 Å². The Morgan fingerprint density at radius 2 is 2.00 bits per heavy atom. The molecule has 0 unspecified atom stereocenters. The number of nitrogens with zero attached hydrogens (tertiary/aromatic N) is 1. The lowest BCUT2D eigenvalue weighted by atomic mass is 10.1. The molecule has 1 aromatic heterocycles. The third-order valence-electron chi connectivity index (χ3n) is 3.27. The van der Waals surface area contributed by atoms with E-state index in [9.17, 15) is 0 Å². The summed E-state index contributed by atoms with van der Waals surface area (Å²) in [7, 11) is 3.30. The molecule has 5 heteroatoms. The van der Waals surface area contributed by atoms with Crippen molar-refractivity contribution in [2.24, 2.45) is 0 Å². The molecule has 0 saturated carbocycles. The van der Waals surface area contributed by atoms with Crippen LogP contribution in [0.2, 0.25) is 0 Å². The maximum absolute atomic E-state index is 5.30. The summed E-state index contributed by atoms with van der Waals surface area (Å²) in [6, 6.07) is 6.01. The molecular formula is C15H21N3O2. The van der Waals surface area contributed by atoms with Crippen molar-refractivity contribution in [3.8, 4) is 11.5 Å². The summed E-state index contributed by atoms with van der Waals surface area (Å²) in [4.78, 5) is 7.33. The van der Waals surface area contributed by atoms with Crippen LogP contribution < -0.4 is 14.8 Å². The Kier molecular flexibility index (Phi) is 5.01. The van der Waals surface area contributed by atoms with Crippen LogP contribution in [-0.2, 0) is 13.0 Å². The first-order valence-electron chi connectivity index (χ1n) is 6.65. The lowest BCUT2D eigenvalue weighted by Crippen LogP contribution is -2.17. The van der Waals surface area contributed by atoms with Crippen LogP contribution in [-0.4, -0.2) is 30.7 Å². The summed E-state index contributed by atoms with van der Waals surface area (Å²) in [5.74, 6) is 1.53. The van der Waals surface area contributed by atoms with E-state index >= 15 is 0 Å². The number of benzene rings is 1. The number of hydrogen-bond acceptors (Lipinski definition) is 4. The molecule has 2 aromatic rings. The number of H-pyrrole nitrogens is 1. The second kappa shape index (κ2) is 6.96. The second-order valence-corrected chi connectivity index (χ2v) is 4.59. The van der Waals surface area contributed by atoms with Crippen molar-refractivity contribution in [1.29, 1.82) is 0 Å². The summed E-state index contributed by atoms with van der Waals surface area (Å²) in [5.41, 5.74) is 3.40. The molecule has 1 aromatic carbocycles. The van der Waals surface area contributed by atoms with Gasteiger partial charge >= 0.3 is 0 Å². The normalized spacial score (nSPS) is 10.6. The van der Waals surface area contributed by atoms with Gasteiger partial charge in [0.2, 0.25) is 0 Å². The number of rotatable bonds is 7. The van der Waals surface area contributed by atoms with Gasteiger partial charge in [-0.3, -0.25) is 0 Å². The molecule has 0 fully saturated rings. The fourth-order valence-corrected chi connectivity index (χ4v) is 2.04. The van der Waals surface area contributed by atoms with Gasteiger partial charge in [0, 0.05) is 12.2 Å². The van der Waals surface area contributed by atoms with Crippen LogP contribution in [0.25, 0.3) is 0 Å². The van der Waals surface area contributed by atoms with Crippen molar-refractivity contribution in [2.45, 2.75) is 19.9 Å². The third-order valence-corrected chi connectivity index (χ3v) is 3.27. The molecule has 0 aliphatic heterocycles. The second-order valence-electron chi connectivity index (χ2n) is 4.59. The highest BCUT2D eigenvalue weighted by Crippen LogP contribution is 2.27. The monoisotopic (exact) mass is 275 g/mol. The number of aromatic nitrogens is 2. The van der Waals surface area contributed by atoms with E-state index in [-0.39, 0.29) is 0 Å². The number of imidazole rings is 1. The van der Waals surface area contributed by atoms with E-state index in [0.717, 1.165) is 42.4 Å². The summed E-state index contributed by atoms with van der Waals surface area (Å²) in [5, 5.41) is 3.39. The van der Waals surface area contributed by atoms with Crippen molar-refractivity contribution >= 4 is 0 Å². The molecule has 1 heterocycles. The molecule has 108 valence electrons. The predicted molar refractivity (Wildman–Crippen MR) is 78.3 cm³/mol. The Hall–Kier alpha value is -2.01. The maximum Gasteiger partial charge on any atom is 0.160 e. The first-order chi connectivity index (χ1) is 9.74. The molecule has 0 bridgehead atoms. The van der Waals surface area contributed by atoms with Crippen LogP contribution in [0.15, 0.2) is 24.5 Å². The SMILES string of the molecule is COc1ccc(CCNCc2nc[nH]c2C)cc1OC. The number of methoxy groups -OCH3 is 2. The average Bonchev–Trinajstić information content (AvgIpc) is 2.88. The van der Waals surface area contributed by atoms with Crippen molar-refractivity contribution in [3.05, 3.63) is 41.5 Å². The molecule has 20 heavy (non-hydrogen) atoms. The summed E-state index contributed by atoms with van der Waals surface area (Å²) in [6.45, 7) is 3.70. The quantitative estimate of drug-likeness (QED) is 0.759. The van der Waals surface area contributed by atoms with Gasteiger partial charge in [-0.1, -0.05) is 6.07 Å². The molecule has 0 radical (unpaired) electrons. The number of nitrogens with one attached hydrogen (secondary N) is 2. The largest absolute Gasteiger partial charge is 0.493 e. The molecule has 2 rings (SSSR count). The minimum Gasteiger partial charge on any atom is -0.493 e. The van der Waals surface area contributed by atoms with E-state index in [1.54, 1.807) is 20.5 Å². The zero-order chi connectivity index (χ0) is 14.4. The highest BCUT2D eigenvalue weighted by atomic mass is 16.5. The Morgan fingerprint density at radius 1 is 1.20 bits per heavy atom. The number of ether oxygens (including phenoxy) is 2. The van der Waals surface area contributed by atoms with E-state index in [0.29, 0.717) is 0 Å². The highest BCUT2D eigenvalue weighted by Gasteiger charge is 2.04. The van der Waals surface area contributed by atoms with Gasteiger partial charge in [0.1, 0.15) is 0 Å². The van der Waals surface area contributed by atoms with Gasteiger partial charge in [0.25, 0.3) is 0 Å². The maximum atomic E-state index is 5.30. The minimum absolute atomic E-state index is 0.761. The van der Waals surface area contributed by atoms with Crippen LogP contribution >= 0.6 is 0 Å². The predicted octanol–water partition coefficient (Wildman–Crippen LogP) is 2.07. The van der Waals surface area contributed by atoms with E-state index in [4.69, 9.17) is 9.47 Å². The summed E-state index contributed by atoms with van der Waals surface area (Å²) >= 11 is 0. The standard InChI is InChI=1S/C15H21N3O2/c1-11-13(18-10-17-11)9-16-7-6-12-4-5-14(19-2)15(8-12)20-3/h4-5,8,10,16H,6-7,9H2,1-3H3,(H,17,18). The summed E-state index contributed by atoms with van der Waals surface area (Å²) < 4.78 is 10.5. The lowest BCUT2D eigenvalue weighted by molar-refractivity contribution is 0.354. The first-order valence-corrected chi connectivity index (χ1v) is 6.65.